The van der Waals surface area contributed by atoms with Crippen LogP contribution in [0.3, 0.4) is 0 Å². The van der Waals surface area contributed by atoms with E-state index < -0.39 is 6.29 Å². The summed E-state index contributed by atoms with van der Waals surface area (Å²) in [6.07, 6.45) is -1.34. The monoisotopic (exact) mass is 252 g/mol. The van der Waals surface area contributed by atoms with Gasteiger partial charge in [-0.15, -0.1) is 0 Å². The van der Waals surface area contributed by atoms with Crippen LogP contribution in [-0.2, 0) is 16.5 Å². The molecule has 0 heterocycles. The van der Waals surface area contributed by atoms with Crippen molar-refractivity contribution >= 4 is 0 Å². The predicted molar refractivity (Wildman–Crippen MR) is 70.6 cm³/mol. The van der Waals surface area contributed by atoms with Crippen LogP contribution in [0.25, 0.3) is 0 Å². The van der Waals surface area contributed by atoms with E-state index in [1.54, 1.807) is 24.3 Å². The van der Waals surface area contributed by atoms with Gasteiger partial charge in [0.15, 0.2) is 0 Å². The second-order valence-electron chi connectivity index (χ2n) is 4.27. The summed E-state index contributed by atoms with van der Waals surface area (Å²) in [5.74, 6) is 0. The number of nitrogens with zero attached hydrogens (tertiary/aromatic N) is 1. The van der Waals surface area contributed by atoms with Gasteiger partial charge >= 0.3 is 0 Å². The molecule has 3 heteroatoms. The van der Waals surface area contributed by atoms with Crippen LogP contribution in [0.4, 0.5) is 0 Å². The zero-order valence-electron chi connectivity index (χ0n) is 10.7. The summed E-state index contributed by atoms with van der Waals surface area (Å²) >= 11 is 0. The Morgan fingerprint density at radius 2 is 1.84 bits per heavy atom. The van der Waals surface area contributed by atoms with Crippen molar-refractivity contribution < 1.29 is 9.84 Å². The largest absolute Gasteiger partial charge is 0.341 e. The standard InChI is InChI=1S/C16H14NO2/c1-12-6-2-3-8-14(12)11-19-16(18)15-9-5-4-7-13(15)10-17/h2-9,16H,11H2,1H3. The van der Waals surface area contributed by atoms with E-state index in [0.717, 1.165) is 11.1 Å². The Morgan fingerprint density at radius 3 is 2.58 bits per heavy atom. The second-order valence-corrected chi connectivity index (χ2v) is 4.27. The predicted octanol–water partition coefficient (Wildman–Crippen LogP) is 3.51. The molecule has 0 aromatic heterocycles. The summed E-state index contributed by atoms with van der Waals surface area (Å²) in [6, 6.07) is 16.5. The second kappa shape index (κ2) is 6.14. The Labute approximate surface area is 112 Å². The van der Waals surface area contributed by atoms with Crippen molar-refractivity contribution in [3.8, 4) is 6.07 Å². The van der Waals surface area contributed by atoms with Crippen molar-refractivity contribution in [3.63, 3.8) is 0 Å². The van der Waals surface area contributed by atoms with Gasteiger partial charge in [0.2, 0.25) is 6.29 Å². The third-order valence-corrected chi connectivity index (χ3v) is 2.99. The fourth-order valence-electron chi connectivity index (χ4n) is 1.83. The summed E-state index contributed by atoms with van der Waals surface area (Å²) in [5.41, 5.74) is 2.83. The molecule has 0 spiro atoms. The molecule has 2 rings (SSSR count). The molecule has 1 atom stereocenters. The molecule has 95 valence electrons. The maximum Gasteiger partial charge on any atom is 0.219 e. The zero-order chi connectivity index (χ0) is 13.7. The number of hydrogen-bond acceptors (Lipinski definition) is 2. The highest BCUT2D eigenvalue weighted by molar-refractivity contribution is 5.38. The van der Waals surface area contributed by atoms with Gasteiger partial charge in [0.05, 0.1) is 18.2 Å². The first-order valence-corrected chi connectivity index (χ1v) is 6.03. The van der Waals surface area contributed by atoms with Crippen molar-refractivity contribution in [3.05, 3.63) is 70.8 Å². The van der Waals surface area contributed by atoms with Gasteiger partial charge in [0, 0.05) is 5.56 Å². The molecule has 0 fully saturated rings. The molecule has 0 amide bonds. The molecule has 0 saturated carbocycles. The van der Waals surface area contributed by atoms with Crippen LogP contribution in [0.2, 0.25) is 0 Å². The summed E-state index contributed by atoms with van der Waals surface area (Å²) in [6.45, 7) is 2.22. The molecule has 19 heavy (non-hydrogen) atoms. The third kappa shape index (κ3) is 3.19. The van der Waals surface area contributed by atoms with Gasteiger partial charge in [-0.2, -0.15) is 10.4 Å². The Bertz CT molecular complexity index is 602. The minimum absolute atomic E-state index is 0.251. The lowest BCUT2D eigenvalue weighted by Gasteiger charge is -2.12. The molecule has 0 saturated heterocycles. The first kappa shape index (κ1) is 13.3. The van der Waals surface area contributed by atoms with Crippen LogP contribution in [-0.4, -0.2) is 0 Å². The van der Waals surface area contributed by atoms with Gasteiger partial charge < -0.3 is 4.74 Å². The lowest BCUT2D eigenvalue weighted by molar-refractivity contribution is -0.152. The summed E-state index contributed by atoms with van der Waals surface area (Å²) < 4.78 is 5.33. The van der Waals surface area contributed by atoms with E-state index in [1.807, 2.05) is 37.3 Å². The fourth-order valence-corrected chi connectivity index (χ4v) is 1.83. The highest BCUT2D eigenvalue weighted by Crippen LogP contribution is 2.21. The summed E-state index contributed by atoms with van der Waals surface area (Å²) in [4.78, 5) is 0. The molecule has 1 unspecified atom stereocenters. The molecule has 0 aliphatic rings. The van der Waals surface area contributed by atoms with E-state index in [9.17, 15) is 5.11 Å². The van der Waals surface area contributed by atoms with Gasteiger partial charge in [0.25, 0.3) is 0 Å². The highest BCUT2D eigenvalue weighted by atomic mass is 16.6. The average Bonchev–Trinajstić information content (AvgIpc) is 2.46. The van der Waals surface area contributed by atoms with Crippen LogP contribution in [0.1, 0.15) is 28.5 Å². The molecule has 2 aromatic rings. The van der Waals surface area contributed by atoms with Crippen molar-refractivity contribution in [2.75, 3.05) is 0 Å². The Balaban J connectivity index is 2.08. The van der Waals surface area contributed by atoms with Crippen LogP contribution in [0.15, 0.2) is 48.5 Å². The number of benzene rings is 2. The van der Waals surface area contributed by atoms with Gasteiger partial charge in [-0.25, -0.2) is 0 Å². The van der Waals surface area contributed by atoms with E-state index in [4.69, 9.17) is 10.00 Å². The molecular weight excluding hydrogens is 238 g/mol. The number of aryl methyl sites for hydroxylation is 1. The first-order chi connectivity index (χ1) is 9.22. The minimum atomic E-state index is -1.34. The molecule has 0 bridgehead atoms. The molecule has 3 nitrogen and oxygen atoms in total. The normalized spacial score (nSPS) is 11.8. The van der Waals surface area contributed by atoms with E-state index >= 15 is 0 Å². The van der Waals surface area contributed by atoms with Crippen LogP contribution in [0.5, 0.6) is 0 Å². The van der Waals surface area contributed by atoms with E-state index in [1.165, 1.54) is 0 Å². The number of hydrogen-bond donors (Lipinski definition) is 0. The highest BCUT2D eigenvalue weighted by Gasteiger charge is 2.14. The van der Waals surface area contributed by atoms with Crippen LogP contribution < -0.4 is 0 Å². The third-order valence-electron chi connectivity index (χ3n) is 2.99. The average molecular weight is 252 g/mol. The SMILES string of the molecule is Cc1ccccc1COC([O])c1ccccc1C#N. The van der Waals surface area contributed by atoms with Crippen molar-refractivity contribution in [1.82, 2.24) is 0 Å². The van der Waals surface area contributed by atoms with E-state index in [-0.39, 0.29) is 6.61 Å². The Kier molecular flexibility index (Phi) is 4.30. The van der Waals surface area contributed by atoms with E-state index in [0.29, 0.717) is 11.1 Å². The molecule has 0 N–H and O–H groups in total. The maximum absolute atomic E-state index is 12.0. The first-order valence-electron chi connectivity index (χ1n) is 6.03. The lowest BCUT2D eigenvalue weighted by Crippen LogP contribution is -2.05. The molecule has 0 aliphatic carbocycles. The van der Waals surface area contributed by atoms with Gasteiger partial charge in [-0.05, 0) is 24.1 Å². The lowest BCUT2D eigenvalue weighted by atomic mass is 10.1. The number of rotatable bonds is 4. The van der Waals surface area contributed by atoms with Gasteiger partial charge in [-0.1, -0.05) is 42.5 Å². The molecular formula is C16H14NO2. The van der Waals surface area contributed by atoms with Crippen molar-refractivity contribution in [1.29, 1.82) is 5.26 Å². The van der Waals surface area contributed by atoms with Gasteiger partial charge in [-0.3, -0.25) is 0 Å². The minimum Gasteiger partial charge on any atom is -0.341 e. The number of ether oxygens (including phenoxy) is 1. The topological polar surface area (TPSA) is 52.9 Å². The van der Waals surface area contributed by atoms with Gasteiger partial charge in [0.1, 0.15) is 0 Å². The molecule has 0 aliphatic heterocycles. The van der Waals surface area contributed by atoms with Crippen molar-refractivity contribution in [2.45, 2.75) is 19.8 Å². The van der Waals surface area contributed by atoms with E-state index in [2.05, 4.69) is 0 Å². The quantitative estimate of drug-likeness (QED) is 0.782. The fraction of sp³-hybridized carbons (Fsp3) is 0.188. The summed E-state index contributed by atoms with van der Waals surface area (Å²) in [5, 5.41) is 21.0. The summed E-state index contributed by atoms with van der Waals surface area (Å²) in [7, 11) is 0. The molecule has 2 aromatic carbocycles. The molecule has 1 radical (unpaired) electrons. The Morgan fingerprint density at radius 1 is 1.16 bits per heavy atom. The van der Waals surface area contributed by atoms with Crippen LogP contribution >= 0.6 is 0 Å². The number of nitriles is 1. The zero-order valence-corrected chi connectivity index (χ0v) is 10.7. The smallest absolute Gasteiger partial charge is 0.219 e. The van der Waals surface area contributed by atoms with Crippen LogP contribution in [0, 0.1) is 18.3 Å². The Hall–Kier alpha value is -2.15. The maximum atomic E-state index is 12.0. The van der Waals surface area contributed by atoms with Crippen molar-refractivity contribution in [2.24, 2.45) is 0 Å².